The van der Waals surface area contributed by atoms with E-state index in [2.05, 4.69) is 21.2 Å². The molecule has 5 heteroatoms. The number of ether oxygens (including phenoxy) is 1. The lowest BCUT2D eigenvalue weighted by Gasteiger charge is -2.21. The van der Waals surface area contributed by atoms with Gasteiger partial charge in [0.1, 0.15) is 0 Å². The molecule has 1 amide bonds. The minimum Gasteiger partial charge on any atom is -0.381 e. The van der Waals surface area contributed by atoms with Gasteiger partial charge in [-0.05, 0) is 46.8 Å². The normalized spacial score (nSPS) is 17.3. The van der Waals surface area contributed by atoms with Crippen LogP contribution in [0.4, 0.5) is 0 Å². The number of carbonyl (C=O) groups excluding carboxylic acids is 1. The zero-order chi connectivity index (χ0) is 11.4. The second kappa shape index (κ2) is 5.80. The van der Waals surface area contributed by atoms with Crippen molar-refractivity contribution in [1.29, 1.82) is 0 Å². The van der Waals surface area contributed by atoms with Crippen LogP contribution < -0.4 is 5.32 Å². The summed E-state index contributed by atoms with van der Waals surface area (Å²) in [6, 6.07) is 3.74. The number of nitrogens with one attached hydrogen (secondary N) is 1. The molecule has 1 aliphatic heterocycles. The second-order valence-electron chi connectivity index (χ2n) is 3.87. The smallest absolute Gasteiger partial charge is 0.261 e. The highest BCUT2D eigenvalue weighted by Crippen LogP contribution is 2.22. The molecule has 0 unspecified atom stereocenters. The van der Waals surface area contributed by atoms with Gasteiger partial charge in [-0.25, -0.2) is 0 Å². The van der Waals surface area contributed by atoms with Gasteiger partial charge in [-0.15, -0.1) is 11.3 Å². The molecule has 2 rings (SSSR count). The third kappa shape index (κ3) is 3.30. The van der Waals surface area contributed by atoms with Gasteiger partial charge in [-0.2, -0.15) is 0 Å². The maximum absolute atomic E-state index is 11.7. The fourth-order valence-electron chi connectivity index (χ4n) is 1.71. The predicted octanol–water partition coefficient (Wildman–Crippen LogP) is 2.67. The van der Waals surface area contributed by atoms with E-state index in [1.54, 1.807) is 0 Å². The summed E-state index contributed by atoms with van der Waals surface area (Å²) in [5, 5.41) is 2.98. The molecule has 1 fully saturated rings. The number of hydrogen-bond acceptors (Lipinski definition) is 3. The fourth-order valence-corrected chi connectivity index (χ4v) is 3.01. The molecule has 1 saturated heterocycles. The van der Waals surface area contributed by atoms with Gasteiger partial charge >= 0.3 is 0 Å². The van der Waals surface area contributed by atoms with Crippen LogP contribution in [0.1, 0.15) is 22.5 Å². The van der Waals surface area contributed by atoms with Gasteiger partial charge in [0.25, 0.3) is 5.91 Å². The van der Waals surface area contributed by atoms with Crippen molar-refractivity contribution in [3.8, 4) is 0 Å². The largest absolute Gasteiger partial charge is 0.381 e. The van der Waals surface area contributed by atoms with Crippen LogP contribution in [0.15, 0.2) is 15.9 Å². The van der Waals surface area contributed by atoms with Crippen molar-refractivity contribution in [3.05, 3.63) is 20.8 Å². The van der Waals surface area contributed by atoms with E-state index in [0.717, 1.165) is 41.3 Å². The molecule has 1 aromatic heterocycles. The zero-order valence-corrected chi connectivity index (χ0v) is 11.3. The van der Waals surface area contributed by atoms with Crippen LogP contribution >= 0.6 is 27.3 Å². The average molecular weight is 304 g/mol. The highest BCUT2D eigenvalue weighted by Gasteiger charge is 2.15. The van der Waals surface area contributed by atoms with Crippen LogP contribution in [-0.2, 0) is 4.74 Å². The number of amides is 1. The SMILES string of the molecule is O=C(NCC1CCOCC1)c1ccc(Br)s1. The lowest BCUT2D eigenvalue weighted by atomic mass is 10.0. The lowest BCUT2D eigenvalue weighted by Crippen LogP contribution is -2.31. The van der Waals surface area contributed by atoms with E-state index in [1.165, 1.54) is 11.3 Å². The molecular formula is C11H14BrNO2S. The molecule has 3 nitrogen and oxygen atoms in total. The minimum absolute atomic E-state index is 0.0298. The number of rotatable bonds is 3. The first-order valence-electron chi connectivity index (χ1n) is 5.37. The maximum atomic E-state index is 11.7. The fraction of sp³-hybridized carbons (Fsp3) is 0.545. The first kappa shape index (κ1) is 12.1. The summed E-state index contributed by atoms with van der Waals surface area (Å²) in [4.78, 5) is 12.5. The van der Waals surface area contributed by atoms with Crippen LogP contribution in [0.5, 0.6) is 0 Å². The van der Waals surface area contributed by atoms with Crippen molar-refractivity contribution < 1.29 is 9.53 Å². The highest BCUT2D eigenvalue weighted by atomic mass is 79.9. The first-order chi connectivity index (χ1) is 7.75. The third-order valence-corrected chi connectivity index (χ3v) is 4.31. The Morgan fingerprint density at radius 3 is 2.88 bits per heavy atom. The predicted molar refractivity (Wildman–Crippen MR) is 67.9 cm³/mol. The van der Waals surface area contributed by atoms with E-state index in [9.17, 15) is 4.79 Å². The zero-order valence-electron chi connectivity index (χ0n) is 8.87. The second-order valence-corrected chi connectivity index (χ2v) is 6.33. The van der Waals surface area contributed by atoms with E-state index in [1.807, 2.05) is 12.1 Å². The Labute approximate surface area is 107 Å². The van der Waals surface area contributed by atoms with Gasteiger partial charge in [0.2, 0.25) is 0 Å². The van der Waals surface area contributed by atoms with Crippen molar-refractivity contribution in [2.24, 2.45) is 5.92 Å². The summed E-state index contributed by atoms with van der Waals surface area (Å²) in [7, 11) is 0. The van der Waals surface area contributed by atoms with Crippen molar-refractivity contribution >= 4 is 33.2 Å². The number of halogens is 1. The average Bonchev–Trinajstić information content (AvgIpc) is 2.74. The Bertz CT molecular complexity index is 361. The molecule has 0 bridgehead atoms. The van der Waals surface area contributed by atoms with Crippen molar-refractivity contribution in [1.82, 2.24) is 5.32 Å². The molecule has 0 aliphatic carbocycles. The van der Waals surface area contributed by atoms with E-state index in [4.69, 9.17) is 4.74 Å². The summed E-state index contributed by atoms with van der Waals surface area (Å²) in [5.41, 5.74) is 0. The minimum atomic E-state index is 0.0298. The van der Waals surface area contributed by atoms with Crippen LogP contribution in [0.2, 0.25) is 0 Å². The van der Waals surface area contributed by atoms with E-state index in [0.29, 0.717) is 5.92 Å². The molecule has 0 radical (unpaired) electrons. The molecule has 1 aromatic rings. The molecule has 1 aliphatic rings. The maximum Gasteiger partial charge on any atom is 0.261 e. The molecule has 16 heavy (non-hydrogen) atoms. The number of hydrogen-bond donors (Lipinski definition) is 1. The third-order valence-electron chi connectivity index (χ3n) is 2.69. The van der Waals surface area contributed by atoms with E-state index < -0.39 is 0 Å². The van der Waals surface area contributed by atoms with Gasteiger partial charge in [0, 0.05) is 19.8 Å². The van der Waals surface area contributed by atoms with Crippen LogP contribution in [-0.4, -0.2) is 25.7 Å². The monoisotopic (exact) mass is 303 g/mol. The van der Waals surface area contributed by atoms with Crippen LogP contribution in [0.3, 0.4) is 0 Å². The molecule has 0 aromatic carbocycles. The van der Waals surface area contributed by atoms with Crippen LogP contribution in [0.25, 0.3) is 0 Å². The Hall–Kier alpha value is -0.390. The molecule has 2 heterocycles. The quantitative estimate of drug-likeness (QED) is 0.932. The van der Waals surface area contributed by atoms with Gasteiger partial charge in [-0.3, -0.25) is 4.79 Å². The van der Waals surface area contributed by atoms with Crippen LogP contribution in [0, 0.1) is 5.92 Å². The van der Waals surface area contributed by atoms with Crippen molar-refractivity contribution in [3.63, 3.8) is 0 Å². The standard InChI is InChI=1S/C11H14BrNO2S/c12-10-2-1-9(16-10)11(14)13-7-8-3-5-15-6-4-8/h1-2,8H,3-7H2,(H,13,14). The van der Waals surface area contributed by atoms with Gasteiger partial charge in [0.05, 0.1) is 8.66 Å². The summed E-state index contributed by atoms with van der Waals surface area (Å²) in [6.45, 7) is 2.41. The Morgan fingerprint density at radius 2 is 2.25 bits per heavy atom. The Balaban J connectivity index is 1.79. The number of carbonyl (C=O) groups is 1. The van der Waals surface area contributed by atoms with E-state index >= 15 is 0 Å². The Morgan fingerprint density at radius 1 is 1.50 bits per heavy atom. The summed E-state index contributed by atoms with van der Waals surface area (Å²) >= 11 is 4.81. The molecule has 1 N–H and O–H groups in total. The summed E-state index contributed by atoms with van der Waals surface area (Å²) in [6.07, 6.45) is 2.10. The molecule has 0 spiro atoms. The first-order valence-corrected chi connectivity index (χ1v) is 6.98. The molecular weight excluding hydrogens is 290 g/mol. The van der Waals surface area contributed by atoms with Gasteiger partial charge < -0.3 is 10.1 Å². The van der Waals surface area contributed by atoms with Crippen molar-refractivity contribution in [2.45, 2.75) is 12.8 Å². The topological polar surface area (TPSA) is 38.3 Å². The highest BCUT2D eigenvalue weighted by molar-refractivity contribution is 9.11. The van der Waals surface area contributed by atoms with Gasteiger partial charge in [0.15, 0.2) is 0 Å². The van der Waals surface area contributed by atoms with Gasteiger partial charge in [-0.1, -0.05) is 0 Å². The summed E-state index contributed by atoms with van der Waals surface area (Å²) < 4.78 is 6.27. The van der Waals surface area contributed by atoms with Crippen molar-refractivity contribution in [2.75, 3.05) is 19.8 Å². The molecule has 0 saturated carbocycles. The van der Waals surface area contributed by atoms with E-state index in [-0.39, 0.29) is 5.91 Å². The Kier molecular flexibility index (Phi) is 4.37. The molecule has 0 atom stereocenters. The number of thiophene rings is 1. The lowest BCUT2D eigenvalue weighted by molar-refractivity contribution is 0.0643. The molecule has 88 valence electrons. The summed E-state index contributed by atoms with van der Waals surface area (Å²) in [5.74, 6) is 0.600.